The molecule has 2 unspecified atom stereocenters. The molecule has 1 aromatic heterocycles. The summed E-state index contributed by atoms with van der Waals surface area (Å²) in [5, 5.41) is 19.1. The van der Waals surface area contributed by atoms with E-state index in [1.54, 1.807) is 6.92 Å². The summed E-state index contributed by atoms with van der Waals surface area (Å²) >= 11 is 0. The molecule has 2 atom stereocenters. The standard InChI is InChI=1S/C11H14FNO4/c1-3-17-11(16)10(15)9(14)8-5-4-7(12)6(2)13-8/h4-5,9-10,14-15H,3H2,1-2H3. The molecular formula is C11H14FNO4. The fourth-order valence-electron chi connectivity index (χ4n) is 1.25. The highest BCUT2D eigenvalue weighted by molar-refractivity contribution is 5.75. The Bertz CT molecular complexity index is 410. The van der Waals surface area contributed by atoms with E-state index in [-0.39, 0.29) is 18.0 Å². The molecule has 0 amide bonds. The van der Waals surface area contributed by atoms with Gasteiger partial charge in [0.05, 0.1) is 18.0 Å². The van der Waals surface area contributed by atoms with Crippen molar-refractivity contribution in [1.29, 1.82) is 0 Å². The number of hydrogen-bond acceptors (Lipinski definition) is 5. The molecule has 5 nitrogen and oxygen atoms in total. The van der Waals surface area contributed by atoms with Crippen molar-refractivity contribution in [3.05, 3.63) is 29.3 Å². The lowest BCUT2D eigenvalue weighted by Gasteiger charge is -2.16. The molecule has 0 aromatic carbocycles. The molecule has 0 aliphatic carbocycles. The van der Waals surface area contributed by atoms with Crippen LogP contribution in [0.25, 0.3) is 0 Å². The van der Waals surface area contributed by atoms with Gasteiger partial charge in [-0.3, -0.25) is 4.98 Å². The summed E-state index contributed by atoms with van der Waals surface area (Å²) in [5.74, 6) is -1.46. The summed E-state index contributed by atoms with van der Waals surface area (Å²) in [5.41, 5.74) is 0.0991. The summed E-state index contributed by atoms with van der Waals surface area (Å²) in [6.45, 7) is 3.10. The number of aryl methyl sites for hydroxylation is 1. The zero-order valence-electron chi connectivity index (χ0n) is 9.55. The Morgan fingerprint density at radius 1 is 1.53 bits per heavy atom. The number of aromatic nitrogens is 1. The predicted molar refractivity (Wildman–Crippen MR) is 56.5 cm³/mol. The minimum atomic E-state index is -1.73. The van der Waals surface area contributed by atoms with Crippen molar-refractivity contribution < 1.29 is 24.1 Å². The van der Waals surface area contributed by atoms with Crippen LogP contribution in [0, 0.1) is 12.7 Å². The van der Waals surface area contributed by atoms with E-state index in [0.29, 0.717) is 0 Å². The molecule has 0 aliphatic rings. The Hall–Kier alpha value is -1.53. The Labute approximate surface area is 97.9 Å². The van der Waals surface area contributed by atoms with E-state index in [1.165, 1.54) is 13.0 Å². The van der Waals surface area contributed by atoms with Gasteiger partial charge in [-0.2, -0.15) is 0 Å². The molecule has 17 heavy (non-hydrogen) atoms. The van der Waals surface area contributed by atoms with E-state index in [2.05, 4.69) is 9.72 Å². The molecule has 0 aliphatic heterocycles. The molecule has 0 radical (unpaired) electrons. The Morgan fingerprint density at radius 2 is 2.18 bits per heavy atom. The summed E-state index contributed by atoms with van der Waals surface area (Å²) in [6, 6.07) is 2.31. The minimum Gasteiger partial charge on any atom is -0.464 e. The number of esters is 1. The van der Waals surface area contributed by atoms with Crippen LogP contribution in [-0.4, -0.2) is 33.9 Å². The number of pyridine rings is 1. The van der Waals surface area contributed by atoms with Crippen LogP contribution in [0.4, 0.5) is 4.39 Å². The number of nitrogens with zero attached hydrogens (tertiary/aromatic N) is 1. The molecule has 1 rings (SSSR count). The second-order valence-electron chi connectivity index (χ2n) is 3.45. The lowest BCUT2D eigenvalue weighted by Crippen LogP contribution is -2.30. The maximum Gasteiger partial charge on any atom is 0.338 e. The maximum absolute atomic E-state index is 12.9. The summed E-state index contributed by atoms with van der Waals surface area (Å²) < 4.78 is 17.5. The van der Waals surface area contributed by atoms with E-state index in [1.807, 2.05) is 0 Å². The number of rotatable bonds is 4. The summed E-state index contributed by atoms with van der Waals surface area (Å²) in [7, 11) is 0. The highest BCUT2D eigenvalue weighted by Crippen LogP contribution is 2.17. The first kappa shape index (κ1) is 13.5. The van der Waals surface area contributed by atoms with Crippen molar-refractivity contribution in [2.45, 2.75) is 26.1 Å². The largest absolute Gasteiger partial charge is 0.464 e. The third kappa shape index (κ3) is 3.21. The van der Waals surface area contributed by atoms with Crippen LogP contribution in [0.5, 0.6) is 0 Å². The van der Waals surface area contributed by atoms with Gasteiger partial charge in [-0.15, -0.1) is 0 Å². The molecule has 2 N–H and O–H groups in total. The van der Waals surface area contributed by atoms with Crippen molar-refractivity contribution in [1.82, 2.24) is 4.98 Å². The first-order valence-electron chi connectivity index (χ1n) is 5.13. The number of ether oxygens (including phenoxy) is 1. The average Bonchev–Trinajstić information content (AvgIpc) is 2.31. The monoisotopic (exact) mass is 243 g/mol. The van der Waals surface area contributed by atoms with Gasteiger partial charge in [-0.1, -0.05) is 0 Å². The van der Waals surface area contributed by atoms with Crippen molar-refractivity contribution in [2.24, 2.45) is 0 Å². The molecule has 0 spiro atoms. The zero-order chi connectivity index (χ0) is 13.0. The van der Waals surface area contributed by atoms with Gasteiger partial charge in [0.1, 0.15) is 11.9 Å². The molecule has 6 heteroatoms. The number of carbonyl (C=O) groups is 1. The van der Waals surface area contributed by atoms with Crippen LogP contribution < -0.4 is 0 Å². The van der Waals surface area contributed by atoms with Crippen LogP contribution in [-0.2, 0) is 9.53 Å². The molecular weight excluding hydrogens is 229 g/mol. The van der Waals surface area contributed by atoms with E-state index < -0.39 is 24.0 Å². The van der Waals surface area contributed by atoms with Gasteiger partial charge >= 0.3 is 5.97 Å². The molecule has 0 saturated carbocycles. The number of aliphatic hydroxyl groups excluding tert-OH is 2. The van der Waals surface area contributed by atoms with Gasteiger partial charge in [0.2, 0.25) is 0 Å². The van der Waals surface area contributed by atoms with Gasteiger partial charge in [-0.05, 0) is 26.0 Å². The minimum absolute atomic E-state index is 0.0180. The number of carbonyl (C=O) groups excluding carboxylic acids is 1. The van der Waals surface area contributed by atoms with Crippen LogP contribution in [0.3, 0.4) is 0 Å². The fourth-order valence-corrected chi connectivity index (χ4v) is 1.25. The highest BCUT2D eigenvalue weighted by atomic mass is 19.1. The van der Waals surface area contributed by atoms with Gasteiger partial charge in [0.25, 0.3) is 0 Å². The first-order valence-corrected chi connectivity index (χ1v) is 5.13. The van der Waals surface area contributed by atoms with Crippen molar-refractivity contribution in [3.63, 3.8) is 0 Å². The van der Waals surface area contributed by atoms with Gasteiger partial charge in [-0.25, -0.2) is 9.18 Å². The van der Waals surface area contributed by atoms with E-state index >= 15 is 0 Å². The van der Waals surface area contributed by atoms with E-state index in [4.69, 9.17) is 0 Å². The van der Waals surface area contributed by atoms with Gasteiger partial charge in [0.15, 0.2) is 6.10 Å². The second kappa shape index (κ2) is 5.70. The maximum atomic E-state index is 12.9. The number of halogens is 1. The second-order valence-corrected chi connectivity index (χ2v) is 3.45. The lowest BCUT2D eigenvalue weighted by molar-refractivity contribution is -0.159. The van der Waals surface area contributed by atoms with Crippen molar-refractivity contribution in [2.75, 3.05) is 6.61 Å². The van der Waals surface area contributed by atoms with E-state index in [9.17, 15) is 19.4 Å². The van der Waals surface area contributed by atoms with E-state index in [0.717, 1.165) is 6.07 Å². The van der Waals surface area contributed by atoms with Crippen LogP contribution in [0.2, 0.25) is 0 Å². The third-order valence-electron chi connectivity index (χ3n) is 2.17. The third-order valence-corrected chi connectivity index (χ3v) is 2.17. The Morgan fingerprint density at radius 3 is 2.71 bits per heavy atom. The topological polar surface area (TPSA) is 79.7 Å². The normalized spacial score (nSPS) is 14.2. The molecule has 0 saturated heterocycles. The number of aliphatic hydroxyl groups is 2. The van der Waals surface area contributed by atoms with Crippen molar-refractivity contribution in [3.8, 4) is 0 Å². The molecule has 0 bridgehead atoms. The summed E-state index contributed by atoms with van der Waals surface area (Å²) in [4.78, 5) is 14.9. The molecule has 1 heterocycles. The van der Waals surface area contributed by atoms with Crippen molar-refractivity contribution >= 4 is 5.97 Å². The van der Waals surface area contributed by atoms with Crippen LogP contribution in [0.1, 0.15) is 24.4 Å². The quantitative estimate of drug-likeness (QED) is 0.752. The zero-order valence-corrected chi connectivity index (χ0v) is 9.55. The molecule has 0 fully saturated rings. The average molecular weight is 243 g/mol. The van der Waals surface area contributed by atoms with Gasteiger partial charge < -0.3 is 14.9 Å². The Kier molecular flexibility index (Phi) is 4.53. The molecule has 1 aromatic rings. The van der Waals surface area contributed by atoms with Crippen LogP contribution >= 0.6 is 0 Å². The summed E-state index contributed by atoms with van der Waals surface area (Å²) in [6.07, 6.45) is -3.26. The Balaban J connectivity index is 2.84. The SMILES string of the molecule is CCOC(=O)C(O)C(O)c1ccc(F)c(C)n1. The predicted octanol–water partition coefficient (Wildman–Crippen LogP) is 0.487. The van der Waals surface area contributed by atoms with Gasteiger partial charge in [0, 0.05) is 0 Å². The highest BCUT2D eigenvalue weighted by Gasteiger charge is 2.28. The number of hydrogen-bond donors (Lipinski definition) is 2. The lowest BCUT2D eigenvalue weighted by atomic mass is 10.1. The van der Waals surface area contributed by atoms with Crippen LogP contribution in [0.15, 0.2) is 12.1 Å². The molecule has 94 valence electrons. The first-order chi connectivity index (χ1) is 7.97. The fraction of sp³-hybridized carbons (Fsp3) is 0.455. The smallest absolute Gasteiger partial charge is 0.338 e.